The monoisotopic (exact) mass is 303 g/mol. The summed E-state index contributed by atoms with van der Waals surface area (Å²) in [6.45, 7) is 2.27. The molecule has 0 aliphatic carbocycles. The minimum absolute atomic E-state index is 0.0455. The van der Waals surface area contributed by atoms with Crippen molar-refractivity contribution in [3.05, 3.63) is 28.8 Å². The van der Waals surface area contributed by atoms with Crippen LogP contribution in [0.4, 0.5) is 0 Å². The molecule has 1 fully saturated rings. The normalized spacial score (nSPS) is 20.6. The molecule has 0 aromatic heterocycles. The van der Waals surface area contributed by atoms with Crippen LogP contribution in [0.2, 0.25) is 5.02 Å². The van der Waals surface area contributed by atoms with Gasteiger partial charge < -0.3 is 5.11 Å². The summed E-state index contributed by atoms with van der Waals surface area (Å²) < 4.78 is 26.4. The van der Waals surface area contributed by atoms with Gasteiger partial charge in [0.15, 0.2) is 0 Å². The highest BCUT2D eigenvalue weighted by atomic mass is 35.5. The number of benzene rings is 1. The number of sulfonamides is 1. The number of aromatic carboxylic acids is 1. The van der Waals surface area contributed by atoms with Crippen molar-refractivity contribution in [3.8, 4) is 0 Å². The molecule has 1 aliphatic heterocycles. The highest BCUT2D eigenvalue weighted by Gasteiger charge is 2.34. The highest BCUT2D eigenvalue weighted by Crippen LogP contribution is 2.30. The summed E-state index contributed by atoms with van der Waals surface area (Å²) in [5.74, 6) is -1.18. The maximum Gasteiger partial charge on any atom is 0.335 e. The van der Waals surface area contributed by atoms with Crippen LogP contribution < -0.4 is 0 Å². The zero-order chi connectivity index (χ0) is 14.2. The summed E-state index contributed by atoms with van der Waals surface area (Å²) in [7, 11) is -3.74. The minimum atomic E-state index is -3.74. The van der Waals surface area contributed by atoms with E-state index in [1.165, 1.54) is 16.4 Å². The van der Waals surface area contributed by atoms with Gasteiger partial charge in [-0.3, -0.25) is 0 Å². The van der Waals surface area contributed by atoms with Gasteiger partial charge in [0.1, 0.15) is 4.90 Å². The molecule has 1 N–H and O–H groups in total. The van der Waals surface area contributed by atoms with Crippen molar-refractivity contribution in [2.24, 2.45) is 0 Å². The fourth-order valence-corrected chi connectivity index (χ4v) is 4.43. The van der Waals surface area contributed by atoms with Crippen LogP contribution in [0.1, 0.15) is 30.1 Å². The first-order valence-corrected chi connectivity index (χ1v) is 7.70. The molecule has 0 saturated carbocycles. The van der Waals surface area contributed by atoms with Gasteiger partial charge in [-0.1, -0.05) is 11.6 Å². The predicted molar refractivity (Wildman–Crippen MR) is 71.0 cm³/mol. The maximum absolute atomic E-state index is 12.5. The van der Waals surface area contributed by atoms with E-state index in [1.807, 2.05) is 6.92 Å². The second kappa shape index (κ2) is 5.11. The minimum Gasteiger partial charge on any atom is -0.478 e. The quantitative estimate of drug-likeness (QED) is 0.929. The Kier molecular flexibility index (Phi) is 3.85. The summed E-state index contributed by atoms with van der Waals surface area (Å²) in [5.41, 5.74) is -0.0881. The predicted octanol–water partition coefficient (Wildman–Crippen LogP) is 2.21. The molecule has 1 unspecified atom stereocenters. The van der Waals surface area contributed by atoms with Crippen LogP contribution in [-0.2, 0) is 10.0 Å². The first kappa shape index (κ1) is 14.3. The Morgan fingerprint density at radius 2 is 2.16 bits per heavy atom. The third kappa shape index (κ3) is 2.61. The largest absolute Gasteiger partial charge is 0.478 e. The molecule has 1 aromatic rings. The van der Waals surface area contributed by atoms with E-state index >= 15 is 0 Å². The van der Waals surface area contributed by atoms with Crippen molar-refractivity contribution < 1.29 is 18.3 Å². The van der Waals surface area contributed by atoms with Crippen molar-refractivity contribution in [2.75, 3.05) is 6.54 Å². The molecule has 2 rings (SSSR count). The van der Waals surface area contributed by atoms with Crippen molar-refractivity contribution in [3.63, 3.8) is 0 Å². The van der Waals surface area contributed by atoms with E-state index in [0.29, 0.717) is 6.54 Å². The van der Waals surface area contributed by atoms with Crippen LogP contribution in [0.25, 0.3) is 0 Å². The van der Waals surface area contributed by atoms with E-state index in [0.717, 1.165) is 18.9 Å². The van der Waals surface area contributed by atoms with Crippen LogP contribution in [0.15, 0.2) is 23.1 Å². The number of carboxylic acid groups (broad SMARTS) is 1. The van der Waals surface area contributed by atoms with Crippen molar-refractivity contribution in [1.82, 2.24) is 4.31 Å². The average Bonchev–Trinajstić information content (AvgIpc) is 2.76. The Bertz CT molecular complexity index is 614. The topological polar surface area (TPSA) is 74.7 Å². The smallest absolute Gasteiger partial charge is 0.335 e. The molecule has 0 bridgehead atoms. The van der Waals surface area contributed by atoms with Crippen LogP contribution >= 0.6 is 11.6 Å². The Balaban J connectivity index is 2.51. The molecule has 0 radical (unpaired) electrons. The number of rotatable bonds is 3. The Hall–Kier alpha value is -1.11. The van der Waals surface area contributed by atoms with E-state index in [9.17, 15) is 13.2 Å². The molecular weight excluding hydrogens is 290 g/mol. The number of hydrogen-bond acceptors (Lipinski definition) is 3. The first-order chi connectivity index (χ1) is 8.84. The summed E-state index contributed by atoms with van der Waals surface area (Å²) >= 11 is 5.91. The molecule has 19 heavy (non-hydrogen) atoms. The summed E-state index contributed by atoms with van der Waals surface area (Å²) in [4.78, 5) is 10.8. The third-order valence-electron chi connectivity index (χ3n) is 3.26. The van der Waals surface area contributed by atoms with Gasteiger partial charge in [-0.05, 0) is 38.0 Å². The second-order valence-corrected chi connectivity index (χ2v) is 6.82. The van der Waals surface area contributed by atoms with Crippen molar-refractivity contribution in [1.29, 1.82) is 0 Å². The molecule has 1 heterocycles. The standard InChI is InChI=1S/C12H14ClNO4S/c1-8-3-2-6-14(8)19(17,18)11-7-9(12(15)16)4-5-10(11)13/h4-5,7-8H,2-3,6H2,1H3,(H,15,16). The third-order valence-corrected chi connectivity index (χ3v) is 5.75. The van der Waals surface area contributed by atoms with Crippen molar-refractivity contribution >= 4 is 27.6 Å². The van der Waals surface area contributed by atoms with Gasteiger partial charge in [0.25, 0.3) is 0 Å². The number of nitrogens with zero attached hydrogens (tertiary/aromatic N) is 1. The van der Waals surface area contributed by atoms with E-state index in [4.69, 9.17) is 16.7 Å². The molecule has 1 atom stereocenters. The van der Waals surface area contributed by atoms with E-state index in [2.05, 4.69) is 0 Å². The van der Waals surface area contributed by atoms with Crippen LogP contribution in [0, 0.1) is 0 Å². The lowest BCUT2D eigenvalue weighted by atomic mass is 10.2. The molecule has 1 aromatic carbocycles. The molecular formula is C12H14ClNO4S. The van der Waals surface area contributed by atoms with Gasteiger partial charge >= 0.3 is 5.97 Å². The molecule has 1 saturated heterocycles. The Labute approximate surface area is 116 Å². The molecule has 7 heteroatoms. The average molecular weight is 304 g/mol. The molecule has 0 spiro atoms. The molecule has 1 aliphatic rings. The van der Waals surface area contributed by atoms with Crippen LogP contribution in [0.3, 0.4) is 0 Å². The van der Waals surface area contributed by atoms with Crippen LogP contribution in [-0.4, -0.2) is 36.4 Å². The van der Waals surface area contributed by atoms with Gasteiger partial charge in [0, 0.05) is 12.6 Å². The molecule has 104 valence electrons. The zero-order valence-electron chi connectivity index (χ0n) is 10.3. The zero-order valence-corrected chi connectivity index (χ0v) is 11.9. The number of halogens is 1. The Morgan fingerprint density at radius 1 is 1.47 bits per heavy atom. The Morgan fingerprint density at radius 3 is 2.68 bits per heavy atom. The molecule has 5 nitrogen and oxygen atoms in total. The molecule has 0 amide bonds. The van der Waals surface area contributed by atoms with Gasteiger partial charge in [-0.25, -0.2) is 13.2 Å². The van der Waals surface area contributed by atoms with Gasteiger partial charge in [-0.2, -0.15) is 4.31 Å². The lowest BCUT2D eigenvalue weighted by Crippen LogP contribution is -2.33. The van der Waals surface area contributed by atoms with Crippen molar-refractivity contribution in [2.45, 2.75) is 30.7 Å². The lowest BCUT2D eigenvalue weighted by Gasteiger charge is -2.21. The summed E-state index contributed by atoms with van der Waals surface area (Å²) in [6.07, 6.45) is 1.60. The highest BCUT2D eigenvalue weighted by molar-refractivity contribution is 7.89. The van der Waals surface area contributed by atoms with Gasteiger partial charge in [0.05, 0.1) is 10.6 Å². The fraction of sp³-hybridized carbons (Fsp3) is 0.417. The lowest BCUT2D eigenvalue weighted by molar-refractivity contribution is 0.0696. The number of carbonyl (C=O) groups is 1. The summed E-state index contributed by atoms with van der Waals surface area (Å²) in [5, 5.41) is 8.98. The van der Waals surface area contributed by atoms with E-state index < -0.39 is 16.0 Å². The van der Waals surface area contributed by atoms with Gasteiger partial charge in [-0.15, -0.1) is 0 Å². The SMILES string of the molecule is CC1CCCN1S(=O)(=O)c1cc(C(=O)O)ccc1Cl. The second-order valence-electron chi connectivity index (χ2n) is 4.56. The van der Waals surface area contributed by atoms with E-state index in [1.54, 1.807) is 0 Å². The van der Waals surface area contributed by atoms with Gasteiger partial charge in [0.2, 0.25) is 10.0 Å². The van der Waals surface area contributed by atoms with Crippen LogP contribution in [0.5, 0.6) is 0 Å². The van der Waals surface area contributed by atoms with E-state index in [-0.39, 0.29) is 21.5 Å². The maximum atomic E-state index is 12.5. The fourth-order valence-electron chi connectivity index (χ4n) is 2.22. The summed E-state index contributed by atoms with van der Waals surface area (Å²) in [6, 6.07) is 3.62. The first-order valence-electron chi connectivity index (χ1n) is 5.88. The number of hydrogen-bond donors (Lipinski definition) is 1. The number of carboxylic acids is 1.